The first kappa shape index (κ1) is 22.3. The molecular formula is C26H28FN5O2. The minimum absolute atomic E-state index is 0.169. The molecule has 0 fully saturated rings. The second-order valence-corrected chi connectivity index (χ2v) is 8.63. The summed E-state index contributed by atoms with van der Waals surface area (Å²) in [6.07, 6.45) is 6.41. The molecule has 0 unspecified atom stereocenters. The average Bonchev–Trinajstić information content (AvgIpc) is 3.51. The maximum absolute atomic E-state index is 15.5. The van der Waals surface area contributed by atoms with Gasteiger partial charge >= 0.3 is 0 Å². The lowest BCUT2D eigenvalue weighted by molar-refractivity contribution is 0.237. The highest BCUT2D eigenvalue weighted by molar-refractivity contribution is 5.95. The van der Waals surface area contributed by atoms with Crippen molar-refractivity contribution >= 4 is 16.5 Å². The Kier molecular flexibility index (Phi) is 6.17. The number of aryl methyl sites for hydroxylation is 1. The molecule has 176 valence electrons. The largest absolute Gasteiger partial charge is 0.508 e. The zero-order valence-corrected chi connectivity index (χ0v) is 19.1. The van der Waals surface area contributed by atoms with E-state index in [9.17, 15) is 5.11 Å². The number of nitrogens with one attached hydrogen (secondary N) is 2. The molecule has 2 aromatic carbocycles. The molecule has 0 saturated carbocycles. The molecule has 7 nitrogen and oxygen atoms in total. The number of nitrogens with zero attached hydrogens (tertiary/aromatic N) is 3. The molecule has 1 aliphatic rings. The molecule has 4 aromatic rings. The quantitative estimate of drug-likeness (QED) is 0.325. The monoisotopic (exact) mass is 461 g/mol. The van der Waals surface area contributed by atoms with E-state index in [4.69, 9.17) is 5.11 Å². The first-order valence-electron chi connectivity index (χ1n) is 11.7. The second-order valence-electron chi connectivity index (χ2n) is 8.63. The highest BCUT2D eigenvalue weighted by Gasteiger charge is 2.20. The number of rotatable bonds is 7. The number of halogens is 1. The maximum Gasteiger partial charge on any atom is 0.159 e. The summed E-state index contributed by atoms with van der Waals surface area (Å²) in [7, 11) is 0. The number of hydrogen-bond acceptors (Lipinski definition) is 5. The van der Waals surface area contributed by atoms with E-state index in [1.54, 1.807) is 30.5 Å². The summed E-state index contributed by atoms with van der Waals surface area (Å²) in [5.74, 6) is 0.376. The predicted molar refractivity (Wildman–Crippen MR) is 131 cm³/mol. The third-order valence-electron chi connectivity index (χ3n) is 6.45. The molecule has 0 atom stereocenters. The van der Waals surface area contributed by atoms with E-state index in [1.165, 1.54) is 5.57 Å². The Hall–Kier alpha value is -3.49. The van der Waals surface area contributed by atoms with Crippen LogP contribution in [0.2, 0.25) is 0 Å². The molecule has 5 rings (SSSR count). The second kappa shape index (κ2) is 9.40. The normalized spacial score (nSPS) is 14.6. The van der Waals surface area contributed by atoms with Gasteiger partial charge in [-0.05, 0) is 54.2 Å². The first-order valence-corrected chi connectivity index (χ1v) is 11.7. The van der Waals surface area contributed by atoms with Gasteiger partial charge in [-0.2, -0.15) is 5.10 Å². The first-order chi connectivity index (χ1) is 16.6. The Morgan fingerprint density at radius 1 is 1.18 bits per heavy atom. The van der Waals surface area contributed by atoms with Crippen LogP contribution < -0.4 is 0 Å². The Morgan fingerprint density at radius 3 is 2.85 bits per heavy atom. The van der Waals surface area contributed by atoms with Crippen LogP contribution in [0.5, 0.6) is 5.75 Å². The number of imidazole rings is 1. The van der Waals surface area contributed by atoms with E-state index in [0.29, 0.717) is 28.9 Å². The molecule has 0 aliphatic carbocycles. The Labute approximate surface area is 197 Å². The third-order valence-corrected chi connectivity index (χ3v) is 6.45. The maximum atomic E-state index is 15.5. The van der Waals surface area contributed by atoms with Crippen LogP contribution in [-0.2, 0) is 6.42 Å². The molecule has 2 aromatic heterocycles. The predicted octanol–water partition coefficient (Wildman–Crippen LogP) is 4.50. The van der Waals surface area contributed by atoms with Gasteiger partial charge in [0.2, 0.25) is 0 Å². The van der Waals surface area contributed by atoms with E-state index in [2.05, 4.69) is 31.1 Å². The number of hydrogen-bond donors (Lipinski definition) is 4. The van der Waals surface area contributed by atoms with Crippen LogP contribution in [0.4, 0.5) is 4.39 Å². The van der Waals surface area contributed by atoms with E-state index >= 15 is 4.39 Å². The van der Waals surface area contributed by atoms with Gasteiger partial charge < -0.3 is 15.2 Å². The van der Waals surface area contributed by atoms with Crippen LogP contribution in [0.25, 0.3) is 39.1 Å². The zero-order valence-electron chi connectivity index (χ0n) is 19.1. The Balaban J connectivity index is 1.46. The van der Waals surface area contributed by atoms with E-state index in [-0.39, 0.29) is 17.9 Å². The number of aliphatic hydroxyl groups is 1. The van der Waals surface area contributed by atoms with Crippen LogP contribution in [0.1, 0.15) is 31.0 Å². The van der Waals surface area contributed by atoms with Crippen molar-refractivity contribution in [2.45, 2.75) is 26.2 Å². The van der Waals surface area contributed by atoms with Crippen LogP contribution in [0.15, 0.2) is 42.6 Å². The summed E-state index contributed by atoms with van der Waals surface area (Å²) in [5, 5.41) is 26.8. The van der Waals surface area contributed by atoms with Crippen LogP contribution >= 0.6 is 0 Å². The number of phenolic OH excluding ortho intramolecular Hbond substituents is 1. The SMILES string of the molecule is CCc1cc(O)ccc1-c1ccc2c(-c3ncc(C4=CCCN(CCCO)C4)[nH]3)[nH]nc2c1F. The van der Waals surface area contributed by atoms with Crippen molar-refractivity contribution in [2.75, 3.05) is 26.2 Å². The van der Waals surface area contributed by atoms with Crippen LogP contribution in [0.3, 0.4) is 0 Å². The minimum Gasteiger partial charge on any atom is -0.508 e. The highest BCUT2D eigenvalue weighted by Crippen LogP contribution is 2.35. The summed E-state index contributed by atoms with van der Waals surface area (Å²) in [6.45, 7) is 4.82. The molecule has 1 aliphatic heterocycles. The zero-order chi connectivity index (χ0) is 23.7. The van der Waals surface area contributed by atoms with Crippen molar-refractivity contribution in [3.05, 3.63) is 59.7 Å². The smallest absolute Gasteiger partial charge is 0.159 e. The number of aliphatic hydroxyl groups excluding tert-OH is 1. The molecular weight excluding hydrogens is 433 g/mol. The molecule has 8 heteroatoms. The van der Waals surface area contributed by atoms with Crippen molar-refractivity contribution in [3.8, 4) is 28.4 Å². The van der Waals surface area contributed by atoms with Crippen molar-refractivity contribution in [1.82, 2.24) is 25.1 Å². The number of aromatic nitrogens is 4. The summed E-state index contributed by atoms with van der Waals surface area (Å²) >= 11 is 0. The lowest BCUT2D eigenvalue weighted by Crippen LogP contribution is -2.30. The molecule has 0 amide bonds. The van der Waals surface area contributed by atoms with Gasteiger partial charge in [0, 0.05) is 37.2 Å². The molecule has 4 N–H and O–H groups in total. The average molecular weight is 462 g/mol. The van der Waals surface area contributed by atoms with E-state index in [1.807, 2.05) is 13.0 Å². The number of fused-ring (bicyclic) bond motifs is 1. The fraction of sp³-hybridized carbons (Fsp3) is 0.308. The van der Waals surface area contributed by atoms with Gasteiger partial charge in [-0.3, -0.25) is 10.00 Å². The fourth-order valence-electron chi connectivity index (χ4n) is 4.67. The van der Waals surface area contributed by atoms with E-state index in [0.717, 1.165) is 49.3 Å². The van der Waals surface area contributed by atoms with Crippen molar-refractivity contribution in [1.29, 1.82) is 0 Å². The van der Waals surface area contributed by atoms with Gasteiger partial charge in [0.15, 0.2) is 11.6 Å². The van der Waals surface area contributed by atoms with Gasteiger partial charge in [-0.25, -0.2) is 9.37 Å². The standard InChI is InChI=1S/C26H28FN5O2/c1-2-16-13-18(34)6-7-19(16)20-8-9-21-24(23(20)27)30-31-25(21)26-28-14-22(29-26)17-5-3-10-32(15-17)11-4-12-33/h5-9,13-14,33-34H,2-4,10-12,15H2,1H3,(H,28,29)(H,30,31). The molecule has 3 heterocycles. The highest BCUT2D eigenvalue weighted by atomic mass is 19.1. The van der Waals surface area contributed by atoms with Gasteiger partial charge in [0.05, 0.1) is 11.9 Å². The molecule has 0 bridgehead atoms. The number of aromatic hydroxyl groups is 1. The van der Waals surface area contributed by atoms with Gasteiger partial charge in [0.1, 0.15) is 17.0 Å². The summed E-state index contributed by atoms with van der Waals surface area (Å²) in [4.78, 5) is 10.2. The molecule has 0 spiro atoms. The summed E-state index contributed by atoms with van der Waals surface area (Å²) in [5.41, 5.74) is 5.07. The fourth-order valence-corrected chi connectivity index (χ4v) is 4.67. The lowest BCUT2D eigenvalue weighted by atomic mass is 9.96. The topological polar surface area (TPSA) is 101 Å². The number of benzene rings is 2. The van der Waals surface area contributed by atoms with Gasteiger partial charge in [-0.1, -0.05) is 25.1 Å². The number of H-pyrrole nitrogens is 2. The van der Waals surface area contributed by atoms with Gasteiger partial charge in [-0.15, -0.1) is 0 Å². The van der Waals surface area contributed by atoms with Crippen LogP contribution in [-0.4, -0.2) is 61.5 Å². The number of phenols is 1. The molecule has 34 heavy (non-hydrogen) atoms. The molecule has 0 radical (unpaired) electrons. The Morgan fingerprint density at radius 2 is 2.03 bits per heavy atom. The van der Waals surface area contributed by atoms with Crippen molar-refractivity contribution < 1.29 is 14.6 Å². The summed E-state index contributed by atoms with van der Waals surface area (Å²) < 4.78 is 15.5. The summed E-state index contributed by atoms with van der Waals surface area (Å²) in [6, 6.07) is 8.60. The third kappa shape index (κ3) is 4.10. The van der Waals surface area contributed by atoms with Gasteiger partial charge in [0.25, 0.3) is 0 Å². The Bertz CT molecular complexity index is 1360. The van der Waals surface area contributed by atoms with Crippen LogP contribution in [0, 0.1) is 5.82 Å². The minimum atomic E-state index is -0.401. The van der Waals surface area contributed by atoms with Crippen molar-refractivity contribution in [3.63, 3.8) is 0 Å². The number of aromatic amines is 2. The lowest BCUT2D eigenvalue weighted by Gasteiger charge is -2.26. The van der Waals surface area contributed by atoms with E-state index < -0.39 is 5.82 Å². The van der Waals surface area contributed by atoms with Crippen molar-refractivity contribution in [2.24, 2.45) is 0 Å². The molecule has 0 saturated heterocycles.